The average molecular weight is 449 g/mol. The molecule has 7 heteroatoms. The van der Waals surface area contributed by atoms with E-state index in [0.29, 0.717) is 18.0 Å². The first-order chi connectivity index (χ1) is 15.6. The summed E-state index contributed by atoms with van der Waals surface area (Å²) in [6.07, 6.45) is 5.91. The van der Waals surface area contributed by atoms with Gasteiger partial charge in [0.1, 0.15) is 12.7 Å². The predicted molar refractivity (Wildman–Crippen MR) is 130 cm³/mol. The minimum Gasteiger partial charge on any atom is -0.493 e. The maximum absolute atomic E-state index is 10.5. The Morgan fingerprint density at radius 1 is 0.938 bits per heavy atom. The maximum Gasteiger partial charge on any atom is 0.161 e. The Balaban J connectivity index is 1.41. The number of nitrogens with zero attached hydrogens (tertiary/aromatic N) is 3. The maximum atomic E-state index is 10.5. The summed E-state index contributed by atoms with van der Waals surface area (Å²) in [7, 11) is 3.85. The summed E-state index contributed by atoms with van der Waals surface area (Å²) in [4.78, 5) is 7.28. The molecule has 0 aliphatic carbocycles. The van der Waals surface area contributed by atoms with Gasteiger partial charge in [0.05, 0.1) is 7.11 Å². The number of ether oxygens (including phenoxy) is 2. The summed E-state index contributed by atoms with van der Waals surface area (Å²) in [5.41, 5.74) is 1.16. The number of β-amino-alcohol motifs (C(OH)–C–C–N with tert-alkyl or cyclic N) is 1. The van der Waals surface area contributed by atoms with Crippen LogP contribution in [0.3, 0.4) is 0 Å². The first-order valence-corrected chi connectivity index (χ1v) is 12.5. The number of benzene rings is 1. The Kier molecular flexibility index (Phi) is 11.1. The second kappa shape index (κ2) is 14.0. The van der Waals surface area contributed by atoms with Gasteiger partial charge in [0.2, 0.25) is 0 Å². The lowest BCUT2D eigenvalue weighted by atomic mass is 10.1. The lowest BCUT2D eigenvalue weighted by Crippen LogP contribution is -2.46. The zero-order valence-corrected chi connectivity index (χ0v) is 20.2. The molecule has 2 aliphatic heterocycles. The van der Waals surface area contributed by atoms with E-state index in [1.54, 1.807) is 7.11 Å². The molecule has 0 amide bonds. The van der Waals surface area contributed by atoms with Gasteiger partial charge in [-0.15, -0.1) is 0 Å². The predicted octanol–water partition coefficient (Wildman–Crippen LogP) is 2.04. The van der Waals surface area contributed by atoms with Gasteiger partial charge < -0.3 is 29.7 Å². The highest BCUT2D eigenvalue weighted by atomic mass is 16.5. The van der Waals surface area contributed by atoms with Crippen LogP contribution in [0.2, 0.25) is 0 Å². The van der Waals surface area contributed by atoms with Gasteiger partial charge in [0.25, 0.3) is 0 Å². The minimum atomic E-state index is -0.496. The van der Waals surface area contributed by atoms with Crippen LogP contribution in [0.4, 0.5) is 0 Å². The molecule has 182 valence electrons. The SMILES string of the molecule is COc1ccc(CNCCN2CCN(C)CC2)cc1OCC(O)CN1CCCCCCC1. The van der Waals surface area contributed by atoms with Crippen molar-refractivity contribution in [2.24, 2.45) is 0 Å². The van der Waals surface area contributed by atoms with E-state index >= 15 is 0 Å². The molecule has 2 saturated heterocycles. The van der Waals surface area contributed by atoms with Gasteiger partial charge in [-0.3, -0.25) is 4.90 Å². The molecule has 1 aromatic carbocycles. The molecule has 3 rings (SSSR count). The van der Waals surface area contributed by atoms with Gasteiger partial charge in [-0.1, -0.05) is 25.3 Å². The Morgan fingerprint density at radius 2 is 1.66 bits per heavy atom. The van der Waals surface area contributed by atoms with Crippen LogP contribution in [-0.2, 0) is 6.54 Å². The standard InChI is InChI=1S/C25H44N4O3/c1-27-14-16-28(17-15-27)13-10-26-19-22-8-9-24(31-2)25(18-22)32-21-23(30)20-29-11-6-4-3-5-7-12-29/h8-9,18,23,26,30H,3-7,10-17,19-21H2,1-2H3. The third kappa shape index (κ3) is 8.87. The zero-order chi connectivity index (χ0) is 22.6. The number of nitrogens with one attached hydrogen (secondary N) is 1. The number of likely N-dealkylation sites (tertiary alicyclic amines) is 1. The summed E-state index contributed by atoms with van der Waals surface area (Å²) in [6, 6.07) is 6.06. The molecule has 1 aromatic rings. The highest BCUT2D eigenvalue weighted by Crippen LogP contribution is 2.28. The van der Waals surface area contributed by atoms with Gasteiger partial charge in [0, 0.05) is 52.4 Å². The zero-order valence-electron chi connectivity index (χ0n) is 20.2. The number of hydrogen-bond acceptors (Lipinski definition) is 7. The topological polar surface area (TPSA) is 60.4 Å². The third-order valence-corrected chi connectivity index (χ3v) is 6.61. The van der Waals surface area contributed by atoms with E-state index in [4.69, 9.17) is 9.47 Å². The fourth-order valence-corrected chi connectivity index (χ4v) is 4.52. The molecule has 0 spiro atoms. The molecule has 2 N–H and O–H groups in total. The first kappa shape index (κ1) is 25.2. The molecule has 7 nitrogen and oxygen atoms in total. The van der Waals surface area contributed by atoms with Crippen molar-refractivity contribution in [2.45, 2.75) is 44.8 Å². The molecule has 0 saturated carbocycles. The van der Waals surface area contributed by atoms with E-state index < -0.39 is 6.10 Å². The molecular weight excluding hydrogens is 404 g/mol. The number of rotatable bonds is 11. The lowest BCUT2D eigenvalue weighted by molar-refractivity contribution is 0.0644. The van der Waals surface area contributed by atoms with E-state index in [0.717, 1.165) is 64.5 Å². The smallest absolute Gasteiger partial charge is 0.161 e. The van der Waals surface area contributed by atoms with E-state index in [1.807, 2.05) is 12.1 Å². The highest BCUT2D eigenvalue weighted by molar-refractivity contribution is 5.43. The minimum absolute atomic E-state index is 0.285. The van der Waals surface area contributed by atoms with Crippen molar-refractivity contribution in [1.82, 2.24) is 20.0 Å². The van der Waals surface area contributed by atoms with Crippen LogP contribution in [0.25, 0.3) is 0 Å². The molecular formula is C25H44N4O3. The average Bonchev–Trinajstić information content (AvgIpc) is 2.78. The van der Waals surface area contributed by atoms with Crippen LogP contribution in [0.5, 0.6) is 11.5 Å². The van der Waals surface area contributed by atoms with Crippen molar-refractivity contribution in [3.05, 3.63) is 23.8 Å². The van der Waals surface area contributed by atoms with Crippen LogP contribution in [0, 0.1) is 0 Å². The second-order valence-corrected chi connectivity index (χ2v) is 9.34. The van der Waals surface area contributed by atoms with E-state index in [9.17, 15) is 5.11 Å². The molecule has 2 aliphatic rings. The van der Waals surface area contributed by atoms with Gasteiger partial charge in [-0.2, -0.15) is 0 Å². The first-order valence-electron chi connectivity index (χ1n) is 12.5. The Hall–Kier alpha value is -1.38. The van der Waals surface area contributed by atoms with Crippen molar-refractivity contribution >= 4 is 0 Å². The normalized spacial score (nSPS) is 20.5. The Labute approximate surface area is 194 Å². The number of aliphatic hydroxyl groups is 1. The molecule has 0 radical (unpaired) electrons. The number of likely N-dealkylation sites (N-methyl/N-ethyl adjacent to an activating group) is 1. The summed E-state index contributed by atoms with van der Waals surface area (Å²) in [5.74, 6) is 1.42. The van der Waals surface area contributed by atoms with E-state index in [1.165, 1.54) is 32.1 Å². The van der Waals surface area contributed by atoms with E-state index in [2.05, 4.69) is 33.1 Å². The lowest BCUT2D eigenvalue weighted by Gasteiger charge is -2.32. The third-order valence-electron chi connectivity index (χ3n) is 6.61. The van der Waals surface area contributed by atoms with Crippen molar-refractivity contribution in [1.29, 1.82) is 0 Å². The second-order valence-electron chi connectivity index (χ2n) is 9.34. The quantitative estimate of drug-likeness (QED) is 0.503. The van der Waals surface area contributed by atoms with Crippen LogP contribution in [-0.4, -0.2) is 106 Å². The molecule has 32 heavy (non-hydrogen) atoms. The molecule has 1 atom stereocenters. The number of piperazine rings is 1. The largest absolute Gasteiger partial charge is 0.493 e. The summed E-state index contributed by atoms with van der Waals surface area (Å²) < 4.78 is 11.5. The van der Waals surface area contributed by atoms with Crippen molar-refractivity contribution < 1.29 is 14.6 Å². The summed E-state index contributed by atoms with van der Waals surface area (Å²) >= 11 is 0. The fraction of sp³-hybridized carbons (Fsp3) is 0.760. The highest BCUT2D eigenvalue weighted by Gasteiger charge is 2.16. The summed E-state index contributed by atoms with van der Waals surface area (Å²) in [6.45, 7) is 10.6. The molecule has 0 bridgehead atoms. The Morgan fingerprint density at radius 3 is 2.38 bits per heavy atom. The van der Waals surface area contributed by atoms with Gasteiger partial charge in [-0.25, -0.2) is 0 Å². The number of hydrogen-bond donors (Lipinski definition) is 2. The van der Waals surface area contributed by atoms with Gasteiger partial charge >= 0.3 is 0 Å². The van der Waals surface area contributed by atoms with Gasteiger partial charge in [-0.05, 0) is 50.7 Å². The van der Waals surface area contributed by atoms with Crippen LogP contribution < -0.4 is 14.8 Å². The van der Waals surface area contributed by atoms with Crippen molar-refractivity contribution in [3.63, 3.8) is 0 Å². The van der Waals surface area contributed by atoms with Crippen molar-refractivity contribution in [2.75, 3.05) is 79.7 Å². The molecule has 1 unspecified atom stereocenters. The van der Waals surface area contributed by atoms with Crippen LogP contribution >= 0.6 is 0 Å². The van der Waals surface area contributed by atoms with Crippen LogP contribution in [0.1, 0.15) is 37.7 Å². The Bertz CT molecular complexity index is 644. The number of aliphatic hydroxyl groups excluding tert-OH is 1. The number of methoxy groups -OCH3 is 1. The summed E-state index contributed by atoms with van der Waals surface area (Å²) in [5, 5.41) is 14.1. The van der Waals surface area contributed by atoms with E-state index in [-0.39, 0.29) is 6.61 Å². The van der Waals surface area contributed by atoms with Crippen LogP contribution in [0.15, 0.2) is 18.2 Å². The fourth-order valence-electron chi connectivity index (χ4n) is 4.52. The van der Waals surface area contributed by atoms with Gasteiger partial charge in [0.15, 0.2) is 11.5 Å². The molecule has 2 heterocycles. The molecule has 2 fully saturated rings. The monoisotopic (exact) mass is 448 g/mol. The molecule has 0 aromatic heterocycles. The van der Waals surface area contributed by atoms with Crippen molar-refractivity contribution in [3.8, 4) is 11.5 Å².